The maximum atomic E-state index is 2.54. The summed E-state index contributed by atoms with van der Waals surface area (Å²) in [5.41, 5.74) is 1.58. The molecule has 1 aromatic rings. The normalized spacial score (nSPS) is 17.8. The number of rotatable bonds is 2. The van der Waals surface area contributed by atoms with E-state index in [0.29, 0.717) is 0 Å². The lowest BCUT2D eigenvalue weighted by atomic mass is 10.1. The fraction of sp³-hybridized carbons (Fsp3) is 0.545. The summed E-state index contributed by atoms with van der Waals surface area (Å²) < 4.78 is 0. The molecule has 0 amide bonds. The van der Waals surface area contributed by atoms with Gasteiger partial charge in [0.2, 0.25) is 0 Å². The third kappa shape index (κ3) is 2.12. The number of hydrogen-bond donors (Lipinski definition) is 0. The van der Waals surface area contributed by atoms with Crippen LogP contribution in [0.15, 0.2) is 11.4 Å². The Balaban J connectivity index is 2.00. The van der Waals surface area contributed by atoms with Crippen LogP contribution in [0.3, 0.4) is 0 Å². The van der Waals surface area contributed by atoms with Crippen LogP contribution in [-0.4, -0.2) is 18.0 Å². The monoisotopic (exact) mass is 194 g/mol. The molecule has 1 radical (unpaired) electrons. The summed E-state index contributed by atoms with van der Waals surface area (Å²) in [6, 6.07) is 2.28. The van der Waals surface area contributed by atoms with Crippen molar-refractivity contribution < 1.29 is 0 Å². The highest BCUT2D eigenvalue weighted by Gasteiger charge is 2.17. The first-order chi connectivity index (χ1) is 6.25. The van der Waals surface area contributed by atoms with Crippen molar-refractivity contribution in [2.45, 2.75) is 26.8 Å². The molecule has 0 unspecified atom stereocenters. The molecule has 13 heavy (non-hydrogen) atoms. The number of thiophene rings is 1. The molecule has 0 aliphatic carbocycles. The van der Waals surface area contributed by atoms with E-state index in [0.717, 1.165) is 13.1 Å². The zero-order valence-electron chi connectivity index (χ0n) is 8.34. The van der Waals surface area contributed by atoms with Gasteiger partial charge in [0.15, 0.2) is 0 Å². The molecule has 1 aromatic heterocycles. The first-order valence-corrected chi connectivity index (χ1v) is 5.70. The van der Waals surface area contributed by atoms with E-state index in [1.54, 1.807) is 10.4 Å². The molecule has 71 valence electrons. The van der Waals surface area contributed by atoms with E-state index in [-0.39, 0.29) is 0 Å². The van der Waals surface area contributed by atoms with Crippen LogP contribution in [0.1, 0.15) is 24.3 Å². The second-order valence-electron chi connectivity index (χ2n) is 4.04. The highest BCUT2D eigenvalue weighted by Crippen LogP contribution is 2.24. The average molecular weight is 194 g/mol. The van der Waals surface area contributed by atoms with Crippen molar-refractivity contribution in [3.05, 3.63) is 27.8 Å². The van der Waals surface area contributed by atoms with Crippen LogP contribution in [0.5, 0.6) is 0 Å². The highest BCUT2D eigenvalue weighted by molar-refractivity contribution is 7.10. The molecule has 1 aliphatic heterocycles. The maximum Gasteiger partial charge on any atom is 0.0331 e. The third-order valence-corrected chi connectivity index (χ3v) is 3.39. The van der Waals surface area contributed by atoms with Crippen LogP contribution in [0.4, 0.5) is 0 Å². The van der Waals surface area contributed by atoms with Gasteiger partial charge in [0.25, 0.3) is 0 Å². The molecule has 0 spiro atoms. The summed E-state index contributed by atoms with van der Waals surface area (Å²) in [6.45, 7) is 7.98. The molecule has 0 fully saturated rings. The van der Waals surface area contributed by atoms with E-state index < -0.39 is 0 Å². The van der Waals surface area contributed by atoms with Crippen molar-refractivity contribution in [2.75, 3.05) is 13.1 Å². The predicted molar refractivity (Wildman–Crippen MR) is 57.9 cm³/mol. The summed E-state index contributed by atoms with van der Waals surface area (Å²) in [5, 5.41) is 2.22. The van der Waals surface area contributed by atoms with Gasteiger partial charge in [0.05, 0.1) is 0 Å². The van der Waals surface area contributed by atoms with Crippen LogP contribution in [0.25, 0.3) is 0 Å². The minimum absolute atomic E-state index is 1.16. The van der Waals surface area contributed by atoms with E-state index in [1.165, 1.54) is 18.9 Å². The Morgan fingerprint density at radius 2 is 2.38 bits per heavy atom. The lowest BCUT2D eigenvalue weighted by molar-refractivity contribution is 0.268. The third-order valence-electron chi connectivity index (χ3n) is 2.44. The molecule has 2 heteroatoms. The molecule has 0 atom stereocenters. The molecule has 1 aliphatic rings. The van der Waals surface area contributed by atoms with E-state index in [9.17, 15) is 0 Å². The Kier molecular flexibility index (Phi) is 2.70. The Morgan fingerprint density at radius 3 is 3.15 bits per heavy atom. The first kappa shape index (κ1) is 9.22. The van der Waals surface area contributed by atoms with Crippen LogP contribution >= 0.6 is 11.3 Å². The number of hydrogen-bond acceptors (Lipinski definition) is 2. The fourth-order valence-corrected chi connectivity index (χ4v) is 2.85. The van der Waals surface area contributed by atoms with Crippen molar-refractivity contribution in [1.82, 2.24) is 4.90 Å². The topological polar surface area (TPSA) is 3.24 Å². The Labute approximate surface area is 84.4 Å². The zero-order chi connectivity index (χ0) is 9.26. The largest absolute Gasteiger partial charge is 0.297 e. The maximum absolute atomic E-state index is 2.54. The molecule has 1 nitrogen and oxygen atoms in total. The Hall–Kier alpha value is -0.340. The van der Waals surface area contributed by atoms with Gasteiger partial charge in [-0.3, -0.25) is 4.90 Å². The highest BCUT2D eigenvalue weighted by atomic mass is 32.1. The molecule has 0 aromatic carbocycles. The van der Waals surface area contributed by atoms with E-state index >= 15 is 0 Å². The number of nitrogens with zero attached hydrogens (tertiary/aromatic N) is 1. The van der Waals surface area contributed by atoms with Crippen molar-refractivity contribution in [1.29, 1.82) is 0 Å². The van der Waals surface area contributed by atoms with Gasteiger partial charge in [-0.05, 0) is 29.3 Å². The molecular formula is C11H16NS. The molecule has 0 bridgehead atoms. The van der Waals surface area contributed by atoms with Crippen LogP contribution < -0.4 is 0 Å². The lowest BCUT2D eigenvalue weighted by Crippen LogP contribution is -2.32. The smallest absolute Gasteiger partial charge is 0.0331 e. The minimum atomic E-state index is 1.16. The molecule has 2 rings (SSSR count). The summed E-state index contributed by atoms with van der Waals surface area (Å²) in [7, 11) is 0. The SMILES string of the molecule is C[C](C)CN1CCc2ccsc2C1. The lowest BCUT2D eigenvalue weighted by Gasteiger charge is -2.27. The Morgan fingerprint density at radius 1 is 1.54 bits per heavy atom. The van der Waals surface area contributed by atoms with Gasteiger partial charge in [-0.25, -0.2) is 0 Å². The van der Waals surface area contributed by atoms with Gasteiger partial charge in [-0.1, -0.05) is 13.8 Å². The quantitative estimate of drug-likeness (QED) is 0.699. The minimum Gasteiger partial charge on any atom is -0.297 e. The van der Waals surface area contributed by atoms with Crippen LogP contribution in [0, 0.1) is 5.92 Å². The van der Waals surface area contributed by atoms with Gasteiger partial charge >= 0.3 is 0 Å². The Bertz CT molecular complexity index is 277. The first-order valence-electron chi connectivity index (χ1n) is 4.82. The van der Waals surface area contributed by atoms with Crippen molar-refractivity contribution in [3.63, 3.8) is 0 Å². The van der Waals surface area contributed by atoms with Gasteiger partial charge < -0.3 is 0 Å². The molecular weight excluding hydrogens is 178 g/mol. The number of fused-ring (bicyclic) bond motifs is 1. The van der Waals surface area contributed by atoms with Crippen molar-refractivity contribution in [2.24, 2.45) is 0 Å². The fourth-order valence-electron chi connectivity index (χ4n) is 1.87. The summed E-state index contributed by atoms with van der Waals surface area (Å²) in [4.78, 5) is 4.11. The van der Waals surface area contributed by atoms with E-state index in [1.807, 2.05) is 11.3 Å². The van der Waals surface area contributed by atoms with Gasteiger partial charge in [-0.2, -0.15) is 0 Å². The van der Waals surface area contributed by atoms with Gasteiger partial charge in [0, 0.05) is 24.5 Å². The second kappa shape index (κ2) is 3.81. The van der Waals surface area contributed by atoms with Crippen molar-refractivity contribution >= 4 is 11.3 Å². The van der Waals surface area contributed by atoms with Gasteiger partial charge in [0.1, 0.15) is 0 Å². The predicted octanol–water partition coefficient (Wildman–Crippen LogP) is 2.72. The molecule has 0 N–H and O–H groups in total. The molecule has 2 heterocycles. The summed E-state index contributed by atoms with van der Waals surface area (Å²) in [5.74, 6) is 1.51. The summed E-state index contributed by atoms with van der Waals surface area (Å²) in [6.07, 6.45) is 1.24. The second-order valence-corrected chi connectivity index (χ2v) is 5.04. The van der Waals surface area contributed by atoms with E-state index in [4.69, 9.17) is 0 Å². The van der Waals surface area contributed by atoms with Crippen molar-refractivity contribution in [3.8, 4) is 0 Å². The van der Waals surface area contributed by atoms with Crippen LogP contribution in [0.2, 0.25) is 0 Å². The zero-order valence-corrected chi connectivity index (χ0v) is 9.16. The van der Waals surface area contributed by atoms with Gasteiger partial charge in [-0.15, -0.1) is 11.3 Å². The van der Waals surface area contributed by atoms with E-state index in [2.05, 4.69) is 30.2 Å². The molecule has 0 saturated carbocycles. The summed E-state index contributed by atoms with van der Waals surface area (Å²) >= 11 is 1.91. The van der Waals surface area contributed by atoms with Crippen LogP contribution in [-0.2, 0) is 13.0 Å². The molecule has 0 saturated heterocycles. The average Bonchev–Trinajstić information content (AvgIpc) is 2.49. The standard InChI is InChI=1S/C11H16NS/c1-9(2)7-12-5-3-10-4-6-13-11(10)8-12/h4,6H,3,5,7-8H2,1-2H3.